The van der Waals surface area contributed by atoms with Gasteiger partial charge in [0.1, 0.15) is 11.5 Å². The Balaban J connectivity index is 2.10. The van der Waals surface area contributed by atoms with E-state index in [0.717, 1.165) is 12.8 Å². The third kappa shape index (κ3) is 2.98. The SMILES string of the molecule is CC1(O)CCCN(C(=O)c2cccc(N)n2)CC1. The van der Waals surface area contributed by atoms with Crippen molar-refractivity contribution in [1.29, 1.82) is 0 Å². The number of carbonyl (C=O) groups is 1. The fourth-order valence-electron chi connectivity index (χ4n) is 2.20. The van der Waals surface area contributed by atoms with Crippen LogP contribution in [-0.4, -0.2) is 39.6 Å². The van der Waals surface area contributed by atoms with Gasteiger partial charge in [0.05, 0.1) is 5.60 Å². The van der Waals surface area contributed by atoms with Crippen molar-refractivity contribution in [2.24, 2.45) is 0 Å². The van der Waals surface area contributed by atoms with Gasteiger partial charge in [0.15, 0.2) is 0 Å². The summed E-state index contributed by atoms with van der Waals surface area (Å²) in [5.74, 6) is 0.239. The van der Waals surface area contributed by atoms with E-state index in [0.29, 0.717) is 31.0 Å². The monoisotopic (exact) mass is 249 g/mol. The fourth-order valence-corrected chi connectivity index (χ4v) is 2.20. The average Bonchev–Trinajstić information content (AvgIpc) is 2.49. The van der Waals surface area contributed by atoms with E-state index in [1.165, 1.54) is 0 Å². The highest BCUT2D eigenvalue weighted by Gasteiger charge is 2.27. The molecule has 2 heterocycles. The lowest BCUT2D eigenvalue weighted by atomic mass is 9.98. The van der Waals surface area contributed by atoms with Gasteiger partial charge in [-0.05, 0) is 38.3 Å². The summed E-state index contributed by atoms with van der Waals surface area (Å²) in [4.78, 5) is 18.0. The molecule has 0 saturated carbocycles. The summed E-state index contributed by atoms with van der Waals surface area (Å²) in [6, 6.07) is 5.05. The molecule has 1 amide bonds. The topological polar surface area (TPSA) is 79.5 Å². The molecule has 5 nitrogen and oxygen atoms in total. The van der Waals surface area contributed by atoms with Crippen molar-refractivity contribution >= 4 is 11.7 Å². The summed E-state index contributed by atoms with van der Waals surface area (Å²) in [7, 11) is 0. The van der Waals surface area contributed by atoms with Crippen molar-refractivity contribution in [3.05, 3.63) is 23.9 Å². The van der Waals surface area contributed by atoms with Gasteiger partial charge in [-0.3, -0.25) is 4.79 Å². The summed E-state index contributed by atoms with van der Waals surface area (Å²) < 4.78 is 0. The molecule has 1 aliphatic heterocycles. The Morgan fingerprint density at radius 3 is 2.94 bits per heavy atom. The van der Waals surface area contributed by atoms with Crippen LogP contribution in [0.5, 0.6) is 0 Å². The standard InChI is InChI=1S/C13H19N3O2/c1-13(18)6-3-8-16(9-7-13)12(17)10-4-2-5-11(14)15-10/h2,4-5,18H,3,6-9H2,1H3,(H2,14,15). The number of aromatic nitrogens is 1. The molecule has 5 heteroatoms. The van der Waals surface area contributed by atoms with Gasteiger partial charge in [0.25, 0.3) is 5.91 Å². The van der Waals surface area contributed by atoms with Crippen LogP contribution in [0.25, 0.3) is 0 Å². The molecule has 1 atom stereocenters. The molecule has 1 saturated heterocycles. The largest absolute Gasteiger partial charge is 0.390 e. The van der Waals surface area contributed by atoms with Gasteiger partial charge in [-0.2, -0.15) is 0 Å². The third-order valence-corrected chi connectivity index (χ3v) is 3.34. The number of nitrogens with zero attached hydrogens (tertiary/aromatic N) is 2. The van der Waals surface area contributed by atoms with Crippen molar-refractivity contribution in [3.63, 3.8) is 0 Å². The predicted molar refractivity (Wildman–Crippen MR) is 69.0 cm³/mol. The van der Waals surface area contributed by atoms with Gasteiger partial charge < -0.3 is 15.7 Å². The van der Waals surface area contributed by atoms with Crippen LogP contribution in [0.3, 0.4) is 0 Å². The van der Waals surface area contributed by atoms with Crippen LogP contribution in [0.1, 0.15) is 36.7 Å². The minimum atomic E-state index is -0.668. The molecule has 0 bridgehead atoms. The second-order valence-electron chi connectivity index (χ2n) is 5.09. The number of hydrogen-bond acceptors (Lipinski definition) is 4. The first-order valence-corrected chi connectivity index (χ1v) is 6.22. The third-order valence-electron chi connectivity index (χ3n) is 3.34. The zero-order valence-corrected chi connectivity index (χ0v) is 10.6. The highest BCUT2D eigenvalue weighted by molar-refractivity contribution is 5.92. The first kappa shape index (κ1) is 12.8. The van der Waals surface area contributed by atoms with Crippen molar-refractivity contribution in [2.75, 3.05) is 18.8 Å². The number of aliphatic hydroxyl groups is 1. The minimum absolute atomic E-state index is 0.111. The molecule has 1 aromatic rings. The van der Waals surface area contributed by atoms with E-state index in [1.807, 2.05) is 6.92 Å². The molecule has 3 N–H and O–H groups in total. The zero-order chi connectivity index (χ0) is 13.2. The second kappa shape index (κ2) is 4.94. The molecule has 0 aromatic carbocycles. The van der Waals surface area contributed by atoms with Crippen molar-refractivity contribution in [1.82, 2.24) is 9.88 Å². The Kier molecular flexibility index (Phi) is 3.52. The summed E-state index contributed by atoms with van der Waals surface area (Å²) in [6.45, 7) is 3.04. The molecule has 1 unspecified atom stereocenters. The first-order valence-electron chi connectivity index (χ1n) is 6.22. The lowest BCUT2D eigenvalue weighted by molar-refractivity contribution is 0.0437. The van der Waals surface area contributed by atoms with Crippen LogP contribution in [-0.2, 0) is 0 Å². The Hall–Kier alpha value is -1.62. The van der Waals surface area contributed by atoms with Crippen LogP contribution < -0.4 is 5.73 Å². The maximum Gasteiger partial charge on any atom is 0.272 e. The number of nitrogen functional groups attached to an aromatic ring is 1. The van der Waals surface area contributed by atoms with Gasteiger partial charge >= 0.3 is 0 Å². The van der Waals surface area contributed by atoms with Gasteiger partial charge in [0.2, 0.25) is 0 Å². The number of amides is 1. The number of nitrogens with two attached hydrogens (primary N) is 1. The number of likely N-dealkylation sites (tertiary alicyclic amines) is 1. The van der Waals surface area contributed by atoms with Gasteiger partial charge in [0, 0.05) is 13.1 Å². The van der Waals surface area contributed by atoms with E-state index < -0.39 is 5.60 Å². The Morgan fingerprint density at radius 1 is 1.44 bits per heavy atom. The van der Waals surface area contributed by atoms with Crippen LogP contribution in [0.15, 0.2) is 18.2 Å². The van der Waals surface area contributed by atoms with Crippen molar-refractivity contribution in [3.8, 4) is 0 Å². The Labute approximate surface area is 107 Å². The molecule has 1 fully saturated rings. The van der Waals surface area contributed by atoms with Gasteiger partial charge in [-0.15, -0.1) is 0 Å². The first-order chi connectivity index (χ1) is 8.48. The molecular weight excluding hydrogens is 230 g/mol. The van der Waals surface area contributed by atoms with Crippen LogP contribution >= 0.6 is 0 Å². The molecule has 18 heavy (non-hydrogen) atoms. The maximum atomic E-state index is 12.2. The summed E-state index contributed by atoms with van der Waals surface area (Å²) in [5.41, 5.74) is 5.28. The van der Waals surface area contributed by atoms with Gasteiger partial charge in [-0.25, -0.2) is 4.98 Å². The maximum absolute atomic E-state index is 12.2. The number of anilines is 1. The molecule has 1 aliphatic rings. The summed E-state index contributed by atoms with van der Waals surface area (Å²) >= 11 is 0. The van der Waals surface area contributed by atoms with Crippen molar-refractivity contribution < 1.29 is 9.90 Å². The predicted octanol–water partition coefficient (Wildman–Crippen LogP) is 1.04. The molecular formula is C13H19N3O2. The average molecular weight is 249 g/mol. The Bertz CT molecular complexity index is 446. The zero-order valence-electron chi connectivity index (χ0n) is 10.6. The fraction of sp³-hybridized carbons (Fsp3) is 0.538. The lowest BCUT2D eigenvalue weighted by Crippen LogP contribution is -2.34. The Morgan fingerprint density at radius 2 is 2.22 bits per heavy atom. The normalized spacial score (nSPS) is 24.7. The second-order valence-corrected chi connectivity index (χ2v) is 5.09. The molecule has 2 rings (SSSR count). The smallest absolute Gasteiger partial charge is 0.272 e. The quantitative estimate of drug-likeness (QED) is 0.779. The van der Waals surface area contributed by atoms with E-state index in [2.05, 4.69) is 4.98 Å². The van der Waals surface area contributed by atoms with Crippen LogP contribution in [0.2, 0.25) is 0 Å². The molecule has 0 spiro atoms. The molecule has 0 radical (unpaired) electrons. The van der Waals surface area contributed by atoms with E-state index >= 15 is 0 Å². The van der Waals surface area contributed by atoms with Crippen LogP contribution in [0.4, 0.5) is 5.82 Å². The summed E-state index contributed by atoms with van der Waals surface area (Å²) in [5, 5.41) is 10.00. The highest BCUT2D eigenvalue weighted by atomic mass is 16.3. The van der Waals surface area contributed by atoms with E-state index in [4.69, 9.17) is 5.73 Å². The van der Waals surface area contributed by atoms with E-state index in [-0.39, 0.29) is 5.91 Å². The highest BCUT2D eigenvalue weighted by Crippen LogP contribution is 2.22. The molecule has 0 aliphatic carbocycles. The number of hydrogen-bond donors (Lipinski definition) is 2. The van der Waals surface area contributed by atoms with Gasteiger partial charge in [-0.1, -0.05) is 6.07 Å². The lowest BCUT2D eigenvalue weighted by Gasteiger charge is -2.22. The van der Waals surface area contributed by atoms with Crippen molar-refractivity contribution in [2.45, 2.75) is 31.8 Å². The summed E-state index contributed by atoms with van der Waals surface area (Å²) in [6.07, 6.45) is 2.13. The van der Waals surface area contributed by atoms with E-state index in [1.54, 1.807) is 23.1 Å². The number of pyridine rings is 1. The van der Waals surface area contributed by atoms with Crippen LogP contribution in [0, 0.1) is 0 Å². The number of rotatable bonds is 1. The molecule has 1 aromatic heterocycles. The van der Waals surface area contributed by atoms with E-state index in [9.17, 15) is 9.90 Å². The molecule has 98 valence electrons. The number of carbonyl (C=O) groups excluding carboxylic acids is 1. The minimum Gasteiger partial charge on any atom is -0.390 e.